The first-order chi connectivity index (χ1) is 15.9. The van der Waals surface area contributed by atoms with E-state index >= 15 is 0 Å². The van der Waals surface area contributed by atoms with Gasteiger partial charge in [-0.05, 0) is 26.2 Å². The van der Waals surface area contributed by atoms with Gasteiger partial charge in [0, 0.05) is 43.1 Å². The van der Waals surface area contributed by atoms with Gasteiger partial charge in [0.15, 0.2) is 17.0 Å². The van der Waals surface area contributed by atoms with Crippen molar-refractivity contribution in [3.05, 3.63) is 30.0 Å². The number of nitrogens with one attached hydrogen (secondary N) is 1. The van der Waals surface area contributed by atoms with E-state index in [4.69, 9.17) is 20.4 Å². The molecule has 2 saturated heterocycles. The van der Waals surface area contributed by atoms with Crippen molar-refractivity contribution >= 4 is 28.5 Å². The van der Waals surface area contributed by atoms with Gasteiger partial charge in [-0.2, -0.15) is 5.10 Å². The van der Waals surface area contributed by atoms with Crippen LogP contribution in [0.15, 0.2) is 18.5 Å². The number of anilines is 3. The molecule has 6 rings (SSSR count). The van der Waals surface area contributed by atoms with E-state index in [0.29, 0.717) is 17.0 Å². The summed E-state index contributed by atoms with van der Waals surface area (Å²) in [4.78, 5) is 18.1. The maximum atomic E-state index is 14.0. The molecule has 1 spiro atoms. The van der Waals surface area contributed by atoms with Crippen LogP contribution in [0.2, 0.25) is 0 Å². The van der Waals surface area contributed by atoms with Crippen LogP contribution in [0.1, 0.15) is 44.7 Å². The lowest BCUT2D eigenvalue weighted by Gasteiger charge is -2.41. The number of aromatic nitrogens is 5. The van der Waals surface area contributed by atoms with E-state index in [1.165, 1.54) is 12.3 Å². The largest absolute Gasteiger partial charge is 0.376 e. The molecule has 174 valence electrons. The summed E-state index contributed by atoms with van der Waals surface area (Å²) in [6.07, 6.45) is 6.07. The van der Waals surface area contributed by atoms with E-state index in [-0.39, 0.29) is 29.3 Å². The first-order valence-corrected chi connectivity index (χ1v) is 11.7. The molecule has 9 nitrogen and oxygen atoms in total. The van der Waals surface area contributed by atoms with Crippen molar-refractivity contribution in [2.75, 3.05) is 36.0 Å². The van der Waals surface area contributed by atoms with Gasteiger partial charge >= 0.3 is 0 Å². The summed E-state index contributed by atoms with van der Waals surface area (Å²) in [6, 6.07) is 1.61. The summed E-state index contributed by atoms with van der Waals surface area (Å²) >= 11 is 0. The molecule has 3 aromatic rings. The number of nitrogens with two attached hydrogens (primary N) is 1. The Hall–Kier alpha value is -2.85. The van der Waals surface area contributed by atoms with Gasteiger partial charge in [-0.3, -0.25) is 10.1 Å². The topological polar surface area (TPSA) is 109 Å². The van der Waals surface area contributed by atoms with Crippen molar-refractivity contribution in [3.8, 4) is 0 Å². The van der Waals surface area contributed by atoms with Gasteiger partial charge in [0.05, 0.1) is 36.5 Å². The Morgan fingerprint density at radius 3 is 2.76 bits per heavy atom. The molecule has 6 heterocycles. The summed E-state index contributed by atoms with van der Waals surface area (Å²) in [5, 5.41) is 7.55. The number of fused-ring (bicyclic) bond motifs is 2. The Bertz CT molecular complexity index is 1190. The number of H-pyrrole nitrogens is 1. The van der Waals surface area contributed by atoms with Crippen LogP contribution in [0.25, 0.3) is 11.2 Å². The third-order valence-corrected chi connectivity index (χ3v) is 7.83. The predicted molar refractivity (Wildman–Crippen MR) is 123 cm³/mol. The number of rotatable bonds is 2. The van der Waals surface area contributed by atoms with Crippen molar-refractivity contribution in [3.63, 3.8) is 0 Å². The Morgan fingerprint density at radius 2 is 2.00 bits per heavy atom. The Kier molecular flexibility index (Phi) is 4.77. The zero-order valence-electron chi connectivity index (χ0n) is 19.0. The molecule has 3 aromatic heterocycles. The smallest absolute Gasteiger partial charge is 0.183 e. The zero-order valence-corrected chi connectivity index (χ0v) is 19.0. The summed E-state index contributed by atoms with van der Waals surface area (Å²) in [7, 11) is 0. The number of pyridine rings is 1. The number of halogens is 1. The number of nitrogens with zero attached hydrogens (tertiary/aromatic N) is 6. The van der Waals surface area contributed by atoms with Crippen molar-refractivity contribution in [1.29, 1.82) is 0 Å². The lowest BCUT2D eigenvalue weighted by molar-refractivity contribution is 0.0974. The second kappa shape index (κ2) is 7.59. The van der Waals surface area contributed by atoms with Crippen molar-refractivity contribution < 1.29 is 9.13 Å². The molecule has 0 radical (unpaired) electrons. The number of hydrogen-bond donors (Lipinski definition) is 2. The molecule has 2 unspecified atom stereocenters. The number of ether oxygens (including phenoxy) is 1. The molecular formula is C23H29FN8O. The van der Waals surface area contributed by atoms with Crippen LogP contribution in [0, 0.1) is 11.2 Å². The number of aromatic amines is 1. The lowest BCUT2D eigenvalue weighted by atomic mass is 9.73. The highest BCUT2D eigenvalue weighted by Crippen LogP contribution is 2.42. The van der Waals surface area contributed by atoms with Crippen molar-refractivity contribution in [2.45, 2.75) is 51.2 Å². The highest BCUT2D eigenvalue weighted by Gasteiger charge is 2.47. The summed E-state index contributed by atoms with van der Waals surface area (Å²) in [6.45, 7) is 7.37. The van der Waals surface area contributed by atoms with Gasteiger partial charge in [-0.15, -0.1) is 0 Å². The fraction of sp³-hybridized carbons (Fsp3) is 0.565. The zero-order chi connectivity index (χ0) is 22.7. The highest BCUT2D eigenvalue weighted by atomic mass is 19.1. The Balaban J connectivity index is 1.26. The van der Waals surface area contributed by atoms with Crippen LogP contribution in [-0.2, 0) is 4.74 Å². The summed E-state index contributed by atoms with van der Waals surface area (Å²) < 4.78 is 19.8. The Morgan fingerprint density at radius 1 is 1.18 bits per heavy atom. The average molecular weight is 453 g/mol. The molecule has 3 N–H and O–H groups in total. The molecule has 33 heavy (non-hydrogen) atoms. The van der Waals surface area contributed by atoms with Gasteiger partial charge in [0.2, 0.25) is 0 Å². The minimum Gasteiger partial charge on any atom is -0.376 e. The fourth-order valence-corrected chi connectivity index (χ4v) is 5.61. The number of hydrogen-bond acceptors (Lipinski definition) is 8. The highest BCUT2D eigenvalue weighted by molar-refractivity contribution is 5.87. The first kappa shape index (κ1) is 20.7. The van der Waals surface area contributed by atoms with Crippen LogP contribution in [0.4, 0.5) is 21.7 Å². The molecule has 0 amide bonds. The van der Waals surface area contributed by atoms with Crippen LogP contribution < -0.4 is 15.5 Å². The molecule has 0 aliphatic carbocycles. The monoisotopic (exact) mass is 452 g/mol. The average Bonchev–Trinajstić information content (AvgIpc) is 3.36. The normalized spacial score (nSPS) is 26.8. The molecular weight excluding hydrogens is 423 g/mol. The van der Waals surface area contributed by atoms with Gasteiger partial charge in [-0.25, -0.2) is 14.4 Å². The molecule has 3 atom stereocenters. The second-order valence-electron chi connectivity index (χ2n) is 9.76. The maximum absolute atomic E-state index is 14.0. The summed E-state index contributed by atoms with van der Waals surface area (Å²) in [5.74, 6) is 1.40. The number of piperidine rings is 1. The molecule has 0 bridgehead atoms. The molecule has 0 aromatic carbocycles. The van der Waals surface area contributed by atoms with E-state index < -0.39 is 0 Å². The van der Waals surface area contributed by atoms with Crippen molar-refractivity contribution in [1.82, 2.24) is 25.1 Å². The van der Waals surface area contributed by atoms with E-state index in [1.807, 2.05) is 11.1 Å². The van der Waals surface area contributed by atoms with Gasteiger partial charge in [0.1, 0.15) is 11.6 Å². The standard InChI is InChI=1S/C23H29FN8O/c1-13-3-6-32(16-9-15(24)10-26-18(13)16)22-19-21(29-30-22)28-17(11-27-19)31-7-4-23(5-8-31)12-33-14(2)20(23)25/h9-11,13-14,20H,3-8,12,25H2,1-2H3,(H,28,29,30)/t13-,14?,20?/m1/s1. The van der Waals surface area contributed by atoms with Gasteiger partial charge in [-0.1, -0.05) is 6.92 Å². The molecule has 0 saturated carbocycles. The quantitative estimate of drug-likeness (QED) is 0.611. The van der Waals surface area contributed by atoms with Gasteiger partial charge in [0.25, 0.3) is 0 Å². The van der Waals surface area contributed by atoms with Crippen molar-refractivity contribution in [2.24, 2.45) is 11.1 Å². The minimum absolute atomic E-state index is 0.0662. The fourth-order valence-electron chi connectivity index (χ4n) is 5.61. The van der Waals surface area contributed by atoms with E-state index in [1.54, 1.807) is 0 Å². The van der Waals surface area contributed by atoms with Crippen LogP contribution in [0.5, 0.6) is 0 Å². The van der Waals surface area contributed by atoms with Crippen LogP contribution >= 0.6 is 0 Å². The predicted octanol–water partition coefficient (Wildman–Crippen LogP) is 2.86. The Labute approximate surface area is 191 Å². The molecule has 2 fully saturated rings. The van der Waals surface area contributed by atoms with Crippen LogP contribution in [0.3, 0.4) is 0 Å². The molecule has 3 aliphatic rings. The minimum atomic E-state index is -0.356. The van der Waals surface area contributed by atoms with E-state index in [9.17, 15) is 4.39 Å². The lowest BCUT2D eigenvalue weighted by Crippen LogP contribution is -2.50. The summed E-state index contributed by atoms with van der Waals surface area (Å²) in [5.41, 5.74) is 9.46. The van der Waals surface area contributed by atoms with E-state index in [0.717, 1.165) is 62.7 Å². The SMILES string of the molecule is CC1OCC2(CCN(c3cnc4c(N5CC[C@@H](C)c6ncc(F)cc65)n[nH]c4n3)CC2)C1N. The second-order valence-corrected chi connectivity index (χ2v) is 9.76. The molecule has 10 heteroatoms. The van der Waals surface area contributed by atoms with Gasteiger partial charge < -0.3 is 20.3 Å². The third-order valence-electron chi connectivity index (χ3n) is 7.83. The van der Waals surface area contributed by atoms with E-state index in [2.05, 4.69) is 33.9 Å². The van der Waals surface area contributed by atoms with Crippen LogP contribution in [-0.4, -0.2) is 63.5 Å². The first-order valence-electron chi connectivity index (χ1n) is 11.7. The third kappa shape index (κ3) is 3.26. The maximum Gasteiger partial charge on any atom is 0.183 e. The molecule has 3 aliphatic heterocycles.